The summed E-state index contributed by atoms with van der Waals surface area (Å²) in [6.07, 6.45) is -11.3. The molecule has 1 saturated carbocycles. The van der Waals surface area contributed by atoms with Crippen molar-refractivity contribution in [2.75, 3.05) is 12.3 Å². The van der Waals surface area contributed by atoms with Crippen LogP contribution in [0.2, 0.25) is 5.28 Å². The summed E-state index contributed by atoms with van der Waals surface area (Å²) in [4.78, 5) is 36.0. The van der Waals surface area contributed by atoms with Gasteiger partial charge in [-0.25, -0.2) is 19.0 Å². The zero-order valence-corrected chi connectivity index (χ0v) is 20.5. The molecule has 214 valence electrons. The highest BCUT2D eigenvalue weighted by Crippen LogP contribution is 2.58. The van der Waals surface area contributed by atoms with Gasteiger partial charge in [-0.05, 0) is 29.3 Å². The van der Waals surface area contributed by atoms with Crippen LogP contribution in [0.4, 0.5) is 23.4 Å². The van der Waals surface area contributed by atoms with E-state index in [4.69, 9.17) is 26.8 Å². The van der Waals surface area contributed by atoms with E-state index in [0.29, 0.717) is 0 Å². The molecule has 1 saturated heterocycles. The highest BCUT2D eigenvalue weighted by atomic mass is 35.5. The Labute approximate surface area is 225 Å². The molecule has 13 nitrogen and oxygen atoms in total. The van der Waals surface area contributed by atoms with Gasteiger partial charge in [0, 0.05) is 6.42 Å². The van der Waals surface area contributed by atoms with E-state index >= 15 is 4.39 Å². The van der Waals surface area contributed by atoms with Crippen LogP contribution in [-0.2, 0) is 25.5 Å². The molecule has 1 aliphatic carbocycles. The third kappa shape index (κ3) is 4.53. The fraction of sp³-hybridized carbons (Fsp3) is 0.409. The van der Waals surface area contributed by atoms with Crippen molar-refractivity contribution in [3.8, 4) is 5.75 Å². The van der Waals surface area contributed by atoms with E-state index in [1.165, 1.54) is 0 Å². The number of carboxylic acids is 2. The number of halogens is 5. The summed E-state index contributed by atoms with van der Waals surface area (Å²) < 4.78 is 69.2. The van der Waals surface area contributed by atoms with E-state index in [1.807, 2.05) is 0 Å². The summed E-state index contributed by atoms with van der Waals surface area (Å²) in [6.45, 7) is -1.57. The minimum absolute atomic E-state index is 0.0133. The first-order valence-electron chi connectivity index (χ1n) is 11.3. The fourth-order valence-electron chi connectivity index (χ4n) is 4.49. The predicted octanol–water partition coefficient (Wildman–Crippen LogP) is 1.52. The fourth-order valence-corrected chi connectivity index (χ4v) is 4.66. The zero-order chi connectivity index (χ0) is 29.2. The van der Waals surface area contributed by atoms with Crippen LogP contribution in [-0.4, -0.2) is 89.1 Å². The van der Waals surface area contributed by atoms with Crippen molar-refractivity contribution in [3.05, 3.63) is 41.4 Å². The maximum absolute atomic E-state index is 15.6. The molecular formula is C22H18ClF4N5O8. The number of hydrogen-bond donors (Lipinski definition) is 4. The van der Waals surface area contributed by atoms with Gasteiger partial charge in [-0.2, -0.15) is 23.1 Å². The lowest BCUT2D eigenvalue weighted by Gasteiger charge is -2.28. The molecule has 40 heavy (non-hydrogen) atoms. The molecule has 5 rings (SSSR count). The Hall–Kier alpha value is -3.80. The van der Waals surface area contributed by atoms with E-state index in [9.17, 15) is 38.1 Å². The standard InChI is InChI=1S/C22H18ClF4N5O8/c23-19-30-14(28)10-15(31-19)32(7-29-10)16-11(24)22(37)12(39-16)13(22)40-20(17(33)34,18(35)36)5-8-1-3-9(4-2-8)38-6-21(25,26)27/h1-4,7,11-13,16,37H,5-6H2,(H,33,34)(H,35,36)(H2,28,30,31)/t11-,12-,13?,16-,22+/m1/s1. The summed E-state index contributed by atoms with van der Waals surface area (Å²) in [5.41, 5.74) is 0.371. The molecule has 5 N–H and O–H groups in total. The molecule has 1 aromatic carbocycles. The Kier molecular flexibility index (Phi) is 6.52. The number of nitrogens with zero attached hydrogens (tertiary/aromatic N) is 4. The molecule has 3 aromatic rings. The van der Waals surface area contributed by atoms with Crippen molar-refractivity contribution in [1.82, 2.24) is 19.5 Å². The number of ether oxygens (including phenoxy) is 3. The Morgan fingerprint density at radius 1 is 1.18 bits per heavy atom. The molecule has 2 aromatic heterocycles. The molecule has 0 radical (unpaired) electrons. The molecule has 3 heterocycles. The van der Waals surface area contributed by atoms with Crippen LogP contribution in [0.25, 0.3) is 11.2 Å². The van der Waals surface area contributed by atoms with E-state index in [1.54, 1.807) is 0 Å². The molecule has 1 aliphatic heterocycles. The van der Waals surface area contributed by atoms with Crippen molar-refractivity contribution in [1.29, 1.82) is 0 Å². The van der Waals surface area contributed by atoms with E-state index in [0.717, 1.165) is 35.2 Å². The summed E-state index contributed by atoms with van der Waals surface area (Å²) >= 11 is 5.81. The molecule has 0 spiro atoms. The van der Waals surface area contributed by atoms with Gasteiger partial charge in [-0.1, -0.05) is 12.1 Å². The normalized spacial score (nSPS) is 26.1. The molecule has 2 fully saturated rings. The van der Waals surface area contributed by atoms with E-state index < -0.39 is 67.0 Å². The van der Waals surface area contributed by atoms with Crippen molar-refractivity contribution in [2.45, 2.75) is 48.4 Å². The lowest BCUT2D eigenvalue weighted by atomic mass is 9.94. The SMILES string of the molecule is Nc1nc(Cl)nc2c1ncn2[C@@H]1O[C@@H]2C(OC(Cc3ccc(OCC(F)(F)F)cc3)(C(=O)O)C(=O)O)[C@]2(O)[C@@H]1F. The first-order valence-corrected chi connectivity index (χ1v) is 11.7. The van der Waals surface area contributed by atoms with Gasteiger partial charge in [-0.15, -0.1) is 0 Å². The van der Waals surface area contributed by atoms with Gasteiger partial charge in [0.2, 0.25) is 5.28 Å². The number of aliphatic carboxylic acids is 2. The zero-order valence-electron chi connectivity index (χ0n) is 19.7. The molecule has 1 unspecified atom stereocenters. The molecular weight excluding hydrogens is 574 g/mol. The third-order valence-corrected chi connectivity index (χ3v) is 6.72. The Morgan fingerprint density at radius 2 is 1.82 bits per heavy atom. The lowest BCUT2D eigenvalue weighted by molar-refractivity contribution is -0.194. The number of anilines is 1. The Morgan fingerprint density at radius 3 is 2.38 bits per heavy atom. The minimum atomic E-state index is -4.59. The number of alkyl halides is 4. The molecule has 2 aliphatic rings. The number of rotatable bonds is 9. The number of aliphatic hydroxyl groups is 1. The topological polar surface area (TPSA) is 192 Å². The number of nitrogen functional groups attached to an aromatic ring is 1. The van der Waals surface area contributed by atoms with Gasteiger partial charge in [0.15, 0.2) is 36.1 Å². The van der Waals surface area contributed by atoms with Gasteiger partial charge >= 0.3 is 18.1 Å². The average molecular weight is 592 g/mol. The number of nitrogens with two attached hydrogens (primary N) is 1. The van der Waals surface area contributed by atoms with Crippen LogP contribution in [0.15, 0.2) is 30.6 Å². The number of benzene rings is 1. The average Bonchev–Trinajstić information content (AvgIpc) is 3.12. The molecule has 18 heteroatoms. The third-order valence-electron chi connectivity index (χ3n) is 6.55. The van der Waals surface area contributed by atoms with Gasteiger partial charge in [0.25, 0.3) is 5.60 Å². The number of carbonyl (C=O) groups is 2. The van der Waals surface area contributed by atoms with Crippen molar-refractivity contribution >= 4 is 40.5 Å². The number of imidazole rings is 1. The minimum Gasteiger partial charge on any atom is -0.484 e. The maximum atomic E-state index is 15.6. The maximum Gasteiger partial charge on any atom is 0.422 e. The van der Waals surface area contributed by atoms with Crippen LogP contribution in [0.1, 0.15) is 11.8 Å². The van der Waals surface area contributed by atoms with Gasteiger partial charge in [0.05, 0.1) is 6.33 Å². The smallest absolute Gasteiger partial charge is 0.422 e. The van der Waals surface area contributed by atoms with Crippen LogP contribution < -0.4 is 10.5 Å². The van der Waals surface area contributed by atoms with Gasteiger partial charge in [-0.3, -0.25) is 4.57 Å². The van der Waals surface area contributed by atoms with E-state index in [2.05, 4.69) is 19.7 Å². The summed E-state index contributed by atoms with van der Waals surface area (Å²) in [7, 11) is 0. The second-order valence-corrected chi connectivity index (χ2v) is 9.48. The highest BCUT2D eigenvalue weighted by Gasteiger charge is 2.80. The molecule has 5 atom stereocenters. The van der Waals surface area contributed by atoms with E-state index in [-0.39, 0.29) is 33.6 Å². The summed E-state index contributed by atoms with van der Waals surface area (Å²) in [5, 5.41) is 30.3. The predicted molar refractivity (Wildman–Crippen MR) is 123 cm³/mol. The van der Waals surface area contributed by atoms with Crippen LogP contribution in [0, 0.1) is 0 Å². The summed E-state index contributed by atoms with van der Waals surface area (Å²) in [5.74, 6) is -4.25. The lowest BCUT2D eigenvalue weighted by Crippen LogP contribution is -2.53. The van der Waals surface area contributed by atoms with Crippen LogP contribution in [0.3, 0.4) is 0 Å². The second-order valence-electron chi connectivity index (χ2n) is 9.14. The number of hydrogen-bond acceptors (Lipinski definition) is 10. The number of carboxylic acid groups (broad SMARTS) is 2. The van der Waals surface area contributed by atoms with Gasteiger partial charge < -0.3 is 35.3 Å². The van der Waals surface area contributed by atoms with Crippen molar-refractivity contribution in [2.24, 2.45) is 0 Å². The van der Waals surface area contributed by atoms with Gasteiger partial charge in [0.1, 0.15) is 23.5 Å². The molecule has 0 bridgehead atoms. The Balaban J connectivity index is 1.35. The number of fused-ring (bicyclic) bond motifs is 2. The Bertz CT molecular complexity index is 1470. The summed E-state index contributed by atoms with van der Waals surface area (Å²) in [6, 6.07) is 4.45. The monoisotopic (exact) mass is 591 g/mol. The van der Waals surface area contributed by atoms with Crippen molar-refractivity contribution in [3.63, 3.8) is 0 Å². The number of aromatic nitrogens is 4. The van der Waals surface area contributed by atoms with Crippen molar-refractivity contribution < 1.29 is 56.7 Å². The quantitative estimate of drug-likeness (QED) is 0.159. The highest BCUT2D eigenvalue weighted by molar-refractivity contribution is 6.28. The molecule has 0 amide bonds. The van der Waals surface area contributed by atoms with Crippen LogP contribution >= 0.6 is 11.6 Å². The largest absolute Gasteiger partial charge is 0.484 e. The second kappa shape index (κ2) is 9.39. The van der Waals surface area contributed by atoms with Crippen LogP contribution in [0.5, 0.6) is 5.75 Å². The first kappa shape index (κ1) is 27.8. The first-order chi connectivity index (χ1) is 18.7.